The molecule has 3 N–H and O–H groups in total. The van der Waals surface area contributed by atoms with Crippen molar-refractivity contribution in [3.8, 4) is 5.75 Å². The summed E-state index contributed by atoms with van der Waals surface area (Å²) in [5, 5.41) is 16.7. The number of carbonyl (C=O) groups excluding carboxylic acids is 1. The second-order valence-electron chi connectivity index (χ2n) is 7.14. The van der Waals surface area contributed by atoms with E-state index >= 15 is 0 Å². The summed E-state index contributed by atoms with van der Waals surface area (Å²) in [6.45, 7) is 2.12. The molecule has 0 aromatic heterocycles. The SMILES string of the molecule is CC(=O)NC(Cc1cc(F)cc(F)c1)C(O)CNC1CCOc2ccc(I)cc21. The number of aliphatic hydroxyl groups excluding tert-OH is 1. The topological polar surface area (TPSA) is 70.6 Å². The maximum absolute atomic E-state index is 13.5. The lowest BCUT2D eigenvalue weighted by Crippen LogP contribution is -2.48. The van der Waals surface area contributed by atoms with E-state index < -0.39 is 23.8 Å². The summed E-state index contributed by atoms with van der Waals surface area (Å²) in [4.78, 5) is 11.6. The van der Waals surface area contributed by atoms with Crippen LogP contribution in [-0.2, 0) is 11.2 Å². The maximum Gasteiger partial charge on any atom is 0.217 e. The first kappa shape index (κ1) is 21.9. The Labute approximate surface area is 182 Å². The minimum absolute atomic E-state index is 0.00714. The first-order valence-electron chi connectivity index (χ1n) is 9.37. The van der Waals surface area contributed by atoms with E-state index in [-0.39, 0.29) is 24.9 Å². The number of aliphatic hydroxyl groups is 1. The summed E-state index contributed by atoms with van der Waals surface area (Å²) in [6, 6.07) is 8.47. The Morgan fingerprint density at radius 1 is 1.28 bits per heavy atom. The zero-order chi connectivity index (χ0) is 21.0. The van der Waals surface area contributed by atoms with Gasteiger partial charge in [0.15, 0.2) is 0 Å². The van der Waals surface area contributed by atoms with Crippen molar-refractivity contribution in [1.82, 2.24) is 10.6 Å². The van der Waals surface area contributed by atoms with Crippen molar-refractivity contribution in [1.29, 1.82) is 0 Å². The normalized spacial score (nSPS) is 17.8. The Kier molecular flexibility index (Phi) is 7.42. The molecular weight excluding hydrogens is 493 g/mol. The molecule has 0 radical (unpaired) electrons. The Balaban J connectivity index is 1.68. The highest BCUT2D eigenvalue weighted by Crippen LogP contribution is 2.33. The number of benzene rings is 2. The summed E-state index contributed by atoms with van der Waals surface area (Å²) in [7, 11) is 0. The molecule has 1 aliphatic rings. The van der Waals surface area contributed by atoms with Crippen LogP contribution in [0.1, 0.15) is 30.5 Å². The average Bonchev–Trinajstić information content (AvgIpc) is 2.64. The number of ether oxygens (including phenoxy) is 1. The summed E-state index contributed by atoms with van der Waals surface area (Å²) in [6.07, 6.45) is -0.0849. The van der Waals surface area contributed by atoms with Crippen molar-refractivity contribution in [2.24, 2.45) is 0 Å². The standard InChI is InChI=1S/C21H23F2IN2O3/c1-12(27)26-19(8-13-6-14(22)9-15(23)7-13)20(28)11-25-18-4-5-29-21-3-2-16(24)10-17(18)21/h2-3,6-7,9-10,18-20,25,28H,4-5,8,11H2,1H3,(H,26,27). The molecule has 0 fully saturated rings. The van der Waals surface area contributed by atoms with E-state index in [1.807, 2.05) is 18.2 Å². The molecule has 8 heteroatoms. The van der Waals surface area contributed by atoms with Gasteiger partial charge in [0.05, 0.1) is 18.8 Å². The van der Waals surface area contributed by atoms with E-state index in [0.717, 1.165) is 27.4 Å². The monoisotopic (exact) mass is 516 g/mol. The van der Waals surface area contributed by atoms with E-state index in [2.05, 4.69) is 33.2 Å². The van der Waals surface area contributed by atoms with Gasteiger partial charge in [0.25, 0.3) is 0 Å². The molecule has 0 bridgehead atoms. The molecule has 1 amide bonds. The Hall–Kier alpha value is -1.78. The van der Waals surface area contributed by atoms with E-state index in [1.54, 1.807) is 0 Å². The van der Waals surface area contributed by atoms with Crippen LogP contribution in [0.15, 0.2) is 36.4 Å². The van der Waals surface area contributed by atoms with Gasteiger partial charge >= 0.3 is 0 Å². The average molecular weight is 516 g/mol. The highest BCUT2D eigenvalue weighted by atomic mass is 127. The van der Waals surface area contributed by atoms with Gasteiger partial charge in [0, 0.05) is 41.1 Å². The minimum atomic E-state index is -0.945. The third-order valence-corrected chi connectivity index (χ3v) is 5.49. The molecule has 5 nitrogen and oxygen atoms in total. The van der Waals surface area contributed by atoms with Crippen molar-refractivity contribution >= 4 is 28.5 Å². The van der Waals surface area contributed by atoms with Crippen LogP contribution in [-0.4, -0.2) is 36.3 Å². The molecule has 0 saturated heterocycles. The van der Waals surface area contributed by atoms with Gasteiger partial charge < -0.3 is 20.5 Å². The van der Waals surface area contributed by atoms with Gasteiger partial charge in [-0.05, 0) is 64.9 Å². The highest BCUT2D eigenvalue weighted by molar-refractivity contribution is 14.1. The first-order valence-corrected chi connectivity index (χ1v) is 10.5. The van der Waals surface area contributed by atoms with Gasteiger partial charge in [0.2, 0.25) is 5.91 Å². The van der Waals surface area contributed by atoms with Crippen molar-refractivity contribution in [3.63, 3.8) is 0 Å². The van der Waals surface area contributed by atoms with E-state index in [4.69, 9.17) is 4.74 Å². The highest BCUT2D eigenvalue weighted by Gasteiger charge is 2.25. The largest absolute Gasteiger partial charge is 0.493 e. The second kappa shape index (κ2) is 9.82. The molecular formula is C21H23F2IN2O3. The Morgan fingerprint density at radius 2 is 2.00 bits per heavy atom. The molecule has 29 heavy (non-hydrogen) atoms. The van der Waals surface area contributed by atoms with Crippen molar-refractivity contribution in [2.75, 3.05) is 13.2 Å². The summed E-state index contributed by atoms with van der Waals surface area (Å²) in [5.74, 6) is -0.889. The fourth-order valence-electron chi connectivity index (χ4n) is 3.51. The fraction of sp³-hybridized carbons (Fsp3) is 0.381. The lowest BCUT2D eigenvalue weighted by molar-refractivity contribution is -0.120. The number of rotatable bonds is 7. The number of nitrogens with one attached hydrogen (secondary N) is 2. The third-order valence-electron chi connectivity index (χ3n) is 4.82. The summed E-state index contributed by atoms with van der Waals surface area (Å²) < 4.78 is 33.8. The molecule has 3 atom stereocenters. The lowest BCUT2D eigenvalue weighted by atomic mass is 9.98. The van der Waals surface area contributed by atoms with Crippen LogP contribution in [0.2, 0.25) is 0 Å². The van der Waals surface area contributed by atoms with Gasteiger partial charge in [-0.15, -0.1) is 0 Å². The van der Waals surface area contributed by atoms with E-state index in [0.29, 0.717) is 12.2 Å². The van der Waals surface area contributed by atoms with E-state index in [1.165, 1.54) is 19.1 Å². The lowest BCUT2D eigenvalue weighted by Gasteiger charge is -2.30. The van der Waals surface area contributed by atoms with Crippen LogP contribution in [0.4, 0.5) is 8.78 Å². The van der Waals surface area contributed by atoms with Gasteiger partial charge in [-0.2, -0.15) is 0 Å². The molecule has 2 aromatic rings. The molecule has 2 aromatic carbocycles. The maximum atomic E-state index is 13.5. The number of amides is 1. The number of hydrogen-bond donors (Lipinski definition) is 3. The molecule has 1 heterocycles. The zero-order valence-corrected chi connectivity index (χ0v) is 18.1. The predicted molar refractivity (Wildman–Crippen MR) is 114 cm³/mol. The number of fused-ring (bicyclic) bond motifs is 1. The van der Waals surface area contributed by atoms with Crippen LogP contribution in [0.25, 0.3) is 0 Å². The Morgan fingerprint density at radius 3 is 2.69 bits per heavy atom. The number of carbonyl (C=O) groups is 1. The van der Waals surface area contributed by atoms with Crippen molar-refractivity contribution in [2.45, 2.75) is 38.0 Å². The van der Waals surface area contributed by atoms with Gasteiger partial charge in [-0.3, -0.25) is 4.79 Å². The van der Waals surface area contributed by atoms with E-state index in [9.17, 15) is 18.7 Å². The number of halogens is 3. The van der Waals surface area contributed by atoms with Crippen LogP contribution in [0, 0.1) is 15.2 Å². The molecule has 3 unspecified atom stereocenters. The quantitative estimate of drug-likeness (QED) is 0.495. The minimum Gasteiger partial charge on any atom is -0.493 e. The third kappa shape index (κ3) is 6.10. The molecule has 0 aliphatic carbocycles. The van der Waals surface area contributed by atoms with Crippen LogP contribution < -0.4 is 15.4 Å². The molecule has 1 aliphatic heterocycles. The van der Waals surface area contributed by atoms with Crippen molar-refractivity contribution < 1.29 is 23.4 Å². The fourth-order valence-corrected chi connectivity index (χ4v) is 4.02. The van der Waals surface area contributed by atoms with Gasteiger partial charge in [0.1, 0.15) is 17.4 Å². The number of hydrogen-bond acceptors (Lipinski definition) is 4. The molecule has 156 valence electrons. The van der Waals surface area contributed by atoms with Crippen molar-refractivity contribution in [3.05, 3.63) is 62.7 Å². The smallest absolute Gasteiger partial charge is 0.217 e. The summed E-state index contributed by atoms with van der Waals surface area (Å²) >= 11 is 2.24. The van der Waals surface area contributed by atoms with Crippen LogP contribution in [0.5, 0.6) is 5.75 Å². The molecule has 0 saturated carbocycles. The molecule has 0 spiro atoms. The van der Waals surface area contributed by atoms with Gasteiger partial charge in [-0.25, -0.2) is 8.78 Å². The Bertz CT molecular complexity index is 861. The van der Waals surface area contributed by atoms with Crippen LogP contribution >= 0.6 is 22.6 Å². The molecule has 3 rings (SSSR count). The van der Waals surface area contributed by atoms with Gasteiger partial charge in [-0.1, -0.05) is 0 Å². The second-order valence-corrected chi connectivity index (χ2v) is 8.38. The van der Waals surface area contributed by atoms with Crippen LogP contribution in [0.3, 0.4) is 0 Å². The zero-order valence-electron chi connectivity index (χ0n) is 15.9. The predicted octanol–water partition coefficient (Wildman–Crippen LogP) is 3.09. The first-order chi connectivity index (χ1) is 13.8. The summed E-state index contributed by atoms with van der Waals surface area (Å²) in [5.41, 5.74) is 1.39.